The van der Waals surface area contributed by atoms with Gasteiger partial charge in [-0.2, -0.15) is 5.10 Å². The van der Waals surface area contributed by atoms with E-state index in [1.54, 1.807) is 11.3 Å². The van der Waals surface area contributed by atoms with Crippen molar-refractivity contribution in [1.82, 2.24) is 4.57 Å². The highest BCUT2D eigenvalue weighted by atomic mass is 79.9. The van der Waals surface area contributed by atoms with E-state index in [4.69, 9.17) is 0 Å². The molecule has 2 aromatic carbocycles. The molecule has 0 aliphatic carbocycles. The molecule has 3 nitrogen and oxygen atoms in total. The van der Waals surface area contributed by atoms with Crippen LogP contribution in [0.15, 0.2) is 63.2 Å². The number of halogens is 1. The second kappa shape index (κ2) is 5.95. The van der Waals surface area contributed by atoms with Crippen LogP contribution in [0.25, 0.3) is 10.2 Å². The molecule has 0 unspecified atom stereocenters. The van der Waals surface area contributed by atoms with Crippen LogP contribution in [0.4, 0.5) is 0 Å². The Kier molecular flexibility index (Phi) is 4.03. The van der Waals surface area contributed by atoms with Crippen LogP contribution in [0.3, 0.4) is 0 Å². The van der Waals surface area contributed by atoms with Gasteiger partial charge in [0.15, 0.2) is 0 Å². The van der Waals surface area contributed by atoms with Crippen molar-refractivity contribution in [2.45, 2.75) is 6.92 Å². The van der Waals surface area contributed by atoms with Gasteiger partial charge in [0.1, 0.15) is 0 Å². The van der Waals surface area contributed by atoms with Gasteiger partial charge in [0.05, 0.1) is 15.9 Å². The van der Waals surface area contributed by atoms with Gasteiger partial charge in [-0.25, -0.2) is 0 Å². The van der Waals surface area contributed by atoms with Crippen LogP contribution in [-0.2, 0) is 7.05 Å². The lowest BCUT2D eigenvalue weighted by molar-refractivity contribution is 0.888. The number of benzene rings is 2. The summed E-state index contributed by atoms with van der Waals surface area (Å²) < 4.78 is 4.31. The lowest BCUT2D eigenvalue weighted by atomic mass is 10.1. The number of aryl methyl sites for hydroxylation is 1. The minimum Gasteiger partial charge on any atom is -0.318 e. The zero-order valence-corrected chi connectivity index (χ0v) is 14.1. The summed E-state index contributed by atoms with van der Waals surface area (Å²) in [6.07, 6.45) is 0. The molecule has 1 heterocycles. The van der Waals surface area contributed by atoms with Crippen molar-refractivity contribution >= 4 is 43.2 Å². The summed E-state index contributed by atoms with van der Waals surface area (Å²) in [5, 5.41) is 8.79. The molecule has 0 amide bonds. The lowest BCUT2D eigenvalue weighted by Crippen LogP contribution is -2.09. The molecular formula is C16H14BrN3S. The maximum Gasteiger partial charge on any atom is 0.211 e. The minimum atomic E-state index is 0.889. The number of hydrogen-bond acceptors (Lipinski definition) is 3. The highest BCUT2D eigenvalue weighted by molar-refractivity contribution is 9.10. The predicted octanol–water partition coefficient (Wildman–Crippen LogP) is 4.33. The molecule has 21 heavy (non-hydrogen) atoms. The average molecular weight is 360 g/mol. The third kappa shape index (κ3) is 2.84. The summed E-state index contributed by atoms with van der Waals surface area (Å²) >= 11 is 5.18. The molecule has 0 saturated heterocycles. The molecule has 0 aliphatic heterocycles. The molecule has 0 saturated carbocycles. The zero-order chi connectivity index (χ0) is 14.8. The molecule has 106 valence electrons. The van der Waals surface area contributed by atoms with Gasteiger partial charge in [-0.15, -0.1) is 5.10 Å². The van der Waals surface area contributed by atoms with Crippen molar-refractivity contribution < 1.29 is 0 Å². The van der Waals surface area contributed by atoms with Crippen LogP contribution in [-0.4, -0.2) is 10.3 Å². The molecule has 0 atom stereocenters. The fraction of sp³-hybridized carbons (Fsp3) is 0.125. The van der Waals surface area contributed by atoms with Crippen LogP contribution in [0.5, 0.6) is 0 Å². The largest absolute Gasteiger partial charge is 0.318 e. The maximum atomic E-state index is 4.41. The molecule has 0 fully saturated rings. The number of para-hydroxylation sites is 1. The summed E-state index contributed by atoms with van der Waals surface area (Å²) in [6.45, 7) is 1.97. The SMILES string of the molecule is C/C(=N\N=c1\sc2ccccc2n1C)c1ccccc1Br. The third-order valence-electron chi connectivity index (χ3n) is 3.26. The van der Waals surface area contributed by atoms with Gasteiger partial charge in [0, 0.05) is 17.1 Å². The van der Waals surface area contributed by atoms with Gasteiger partial charge in [0.2, 0.25) is 4.80 Å². The normalized spacial score (nSPS) is 13.1. The van der Waals surface area contributed by atoms with E-state index in [0.29, 0.717) is 0 Å². The van der Waals surface area contributed by atoms with E-state index < -0.39 is 0 Å². The number of rotatable bonds is 2. The van der Waals surface area contributed by atoms with Gasteiger partial charge >= 0.3 is 0 Å². The Labute approximate surface area is 135 Å². The quantitative estimate of drug-likeness (QED) is 0.481. The lowest BCUT2D eigenvalue weighted by Gasteiger charge is -2.00. The Hall–Kier alpha value is -1.72. The van der Waals surface area contributed by atoms with Gasteiger partial charge in [-0.05, 0) is 25.1 Å². The van der Waals surface area contributed by atoms with E-state index in [0.717, 1.165) is 20.5 Å². The van der Waals surface area contributed by atoms with Crippen LogP contribution in [0, 0.1) is 0 Å². The maximum absolute atomic E-state index is 4.41. The fourth-order valence-electron chi connectivity index (χ4n) is 2.10. The molecule has 0 spiro atoms. The van der Waals surface area contributed by atoms with Crippen LogP contribution in [0.2, 0.25) is 0 Å². The van der Waals surface area contributed by atoms with Crippen molar-refractivity contribution in [2.75, 3.05) is 0 Å². The van der Waals surface area contributed by atoms with E-state index in [1.165, 1.54) is 10.2 Å². The molecule has 5 heteroatoms. The Balaban J connectivity index is 2.07. The number of thiazole rings is 1. The van der Waals surface area contributed by atoms with Crippen LogP contribution in [0.1, 0.15) is 12.5 Å². The van der Waals surface area contributed by atoms with Crippen molar-refractivity contribution in [1.29, 1.82) is 0 Å². The Morgan fingerprint density at radius 2 is 1.81 bits per heavy atom. The van der Waals surface area contributed by atoms with Gasteiger partial charge in [-0.3, -0.25) is 0 Å². The van der Waals surface area contributed by atoms with Gasteiger partial charge in [0.25, 0.3) is 0 Å². The molecule has 3 aromatic rings. The molecule has 3 rings (SSSR count). The van der Waals surface area contributed by atoms with E-state index in [2.05, 4.69) is 42.8 Å². The molecule has 0 N–H and O–H groups in total. The highest BCUT2D eigenvalue weighted by Gasteiger charge is 2.03. The summed E-state index contributed by atoms with van der Waals surface area (Å²) in [5.74, 6) is 0. The molecule has 0 bridgehead atoms. The predicted molar refractivity (Wildman–Crippen MR) is 92.7 cm³/mol. The number of hydrogen-bond donors (Lipinski definition) is 0. The first-order valence-electron chi connectivity index (χ1n) is 6.54. The summed E-state index contributed by atoms with van der Waals surface area (Å²) in [7, 11) is 2.01. The zero-order valence-electron chi connectivity index (χ0n) is 11.7. The van der Waals surface area contributed by atoms with Crippen LogP contribution >= 0.6 is 27.3 Å². The topological polar surface area (TPSA) is 29.6 Å². The first kappa shape index (κ1) is 14.2. The van der Waals surface area contributed by atoms with Crippen molar-refractivity contribution in [2.24, 2.45) is 17.3 Å². The fourth-order valence-corrected chi connectivity index (χ4v) is 3.65. The van der Waals surface area contributed by atoms with E-state index in [1.807, 2.05) is 50.4 Å². The molecule has 0 radical (unpaired) electrons. The number of aromatic nitrogens is 1. The van der Waals surface area contributed by atoms with Gasteiger partial charge in [-0.1, -0.05) is 57.6 Å². The monoisotopic (exact) mass is 359 g/mol. The first-order chi connectivity index (χ1) is 10.2. The smallest absolute Gasteiger partial charge is 0.211 e. The number of fused-ring (bicyclic) bond motifs is 1. The second-order valence-electron chi connectivity index (χ2n) is 4.68. The van der Waals surface area contributed by atoms with Crippen molar-refractivity contribution in [3.63, 3.8) is 0 Å². The van der Waals surface area contributed by atoms with E-state index >= 15 is 0 Å². The van der Waals surface area contributed by atoms with E-state index in [-0.39, 0.29) is 0 Å². The Bertz CT molecular complexity index is 890. The van der Waals surface area contributed by atoms with E-state index in [9.17, 15) is 0 Å². The van der Waals surface area contributed by atoms with Crippen LogP contribution < -0.4 is 4.80 Å². The minimum absolute atomic E-state index is 0.889. The summed E-state index contributed by atoms with van der Waals surface area (Å²) in [5.41, 5.74) is 3.12. The number of nitrogens with zero attached hydrogens (tertiary/aromatic N) is 3. The summed E-state index contributed by atoms with van der Waals surface area (Å²) in [4.78, 5) is 0.891. The van der Waals surface area contributed by atoms with Crippen molar-refractivity contribution in [3.8, 4) is 0 Å². The third-order valence-corrected chi connectivity index (χ3v) is 5.06. The highest BCUT2D eigenvalue weighted by Crippen LogP contribution is 2.17. The molecule has 0 aliphatic rings. The van der Waals surface area contributed by atoms with Gasteiger partial charge < -0.3 is 4.57 Å². The average Bonchev–Trinajstić information content (AvgIpc) is 2.82. The Morgan fingerprint density at radius 1 is 1.10 bits per heavy atom. The first-order valence-corrected chi connectivity index (χ1v) is 8.15. The molecule has 1 aromatic heterocycles. The summed E-state index contributed by atoms with van der Waals surface area (Å²) in [6, 6.07) is 16.3. The van der Waals surface area contributed by atoms with Crippen molar-refractivity contribution in [3.05, 3.63) is 63.4 Å². The molecular weight excluding hydrogens is 346 g/mol. The standard InChI is InChI=1S/C16H14BrN3S/c1-11(12-7-3-4-8-13(12)17)18-19-16-20(2)14-9-5-6-10-15(14)21-16/h3-10H,1-2H3/b18-11+,19-16+. The second-order valence-corrected chi connectivity index (χ2v) is 6.54. The Morgan fingerprint density at radius 3 is 2.57 bits per heavy atom.